The minimum Gasteiger partial charge on any atom is -0.470 e. The second kappa shape index (κ2) is 6.47. The van der Waals surface area contributed by atoms with Gasteiger partial charge in [-0.25, -0.2) is 4.98 Å². The van der Waals surface area contributed by atoms with Crippen LogP contribution < -0.4 is 10.1 Å². The molecule has 1 heterocycles. The summed E-state index contributed by atoms with van der Waals surface area (Å²) in [7, 11) is 3.10. The van der Waals surface area contributed by atoms with E-state index in [0.29, 0.717) is 12.4 Å². The van der Waals surface area contributed by atoms with E-state index in [4.69, 9.17) is 9.47 Å². The molecule has 1 rings (SSSR count). The molecule has 0 saturated heterocycles. The van der Waals surface area contributed by atoms with Gasteiger partial charge in [0.2, 0.25) is 5.82 Å². The van der Waals surface area contributed by atoms with E-state index >= 15 is 0 Å². The zero-order valence-corrected chi connectivity index (χ0v) is 12.4. The van der Waals surface area contributed by atoms with Gasteiger partial charge in [-0.15, -0.1) is 0 Å². The predicted molar refractivity (Wildman–Crippen MR) is 74.3 cm³/mol. The van der Waals surface area contributed by atoms with Gasteiger partial charge in [-0.2, -0.15) is 4.98 Å². The molecule has 0 bridgehead atoms. The summed E-state index contributed by atoms with van der Waals surface area (Å²) in [6.45, 7) is 6.27. The van der Waals surface area contributed by atoms with Gasteiger partial charge < -0.3 is 14.8 Å². The van der Waals surface area contributed by atoms with Gasteiger partial charge >= 0.3 is 5.69 Å². The van der Waals surface area contributed by atoms with Crippen molar-refractivity contribution in [2.45, 2.75) is 26.2 Å². The van der Waals surface area contributed by atoms with E-state index in [2.05, 4.69) is 15.3 Å². The SMILES string of the molecule is CNc1nc(C(C)(C)C)nc(OCCOC)c1[N+](=O)[O-]. The van der Waals surface area contributed by atoms with E-state index in [1.807, 2.05) is 20.8 Å². The molecule has 0 fully saturated rings. The molecule has 0 radical (unpaired) electrons. The topological polar surface area (TPSA) is 99.4 Å². The van der Waals surface area contributed by atoms with Crippen molar-refractivity contribution in [1.29, 1.82) is 0 Å². The second-order valence-electron chi connectivity index (χ2n) is 5.15. The molecule has 0 unspecified atom stereocenters. The van der Waals surface area contributed by atoms with E-state index < -0.39 is 4.92 Å². The fourth-order valence-electron chi connectivity index (χ4n) is 1.43. The van der Waals surface area contributed by atoms with Crippen LogP contribution in [0.2, 0.25) is 0 Å². The van der Waals surface area contributed by atoms with Crippen LogP contribution >= 0.6 is 0 Å². The average molecular weight is 284 g/mol. The number of hydrogen-bond donors (Lipinski definition) is 1. The highest BCUT2D eigenvalue weighted by atomic mass is 16.6. The van der Waals surface area contributed by atoms with Crippen LogP contribution in [0.5, 0.6) is 5.88 Å². The van der Waals surface area contributed by atoms with Gasteiger partial charge in [-0.3, -0.25) is 10.1 Å². The Kier molecular flexibility index (Phi) is 5.20. The first-order valence-electron chi connectivity index (χ1n) is 6.17. The van der Waals surface area contributed by atoms with Gasteiger partial charge in [0.1, 0.15) is 12.4 Å². The fraction of sp³-hybridized carbons (Fsp3) is 0.667. The summed E-state index contributed by atoms with van der Waals surface area (Å²) in [5.74, 6) is 0.568. The third kappa shape index (κ3) is 3.77. The number of nitrogens with zero attached hydrogens (tertiary/aromatic N) is 3. The van der Waals surface area contributed by atoms with E-state index in [1.165, 1.54) is 7.11 Å². The van der Waals surface area contributed by atoms with Crippen molar-refractivity contribution in [2.24, 2.45) is 0 Å². The number of anilines is 1. The second-order valence-corrected chi connectivity index (χ2v) is 5.15. The van der Waals surface area contributed by atoms with Gasteiger partial charge in [0.25, 0.3) is 5.88 Å². The van der Waals surface area contributed by atoms with Crippen LogP contribution in [0.3, 0.4) is 0 Å². The number of methoxy groups -OCH3 is 1. The molecule has 112 valence electrons. The molecule has 0 spiro atoms. The molecule has 0 aromatic carbocycles. The zero-order chi connectivity index (χ0) is 15.3. The third-order valence-corrected chi connectivity index (χ3v) is 2.47. The molecule has 1 aromatic heterocycles. The molecule has 0 aliphatic heterocycles. The van der Waals surface area contributed by atoms with E-state index in [-0.39, 0.29) is 29.4 Å². The lowest BCUT2D eigenvalue weighted by atomic mass is 9.96. The van der Waals surface area contributed by atoms with Gasteiger partial charge in [-0.1, -0.05) is 20.8 Å². The Balaban J connectivity index is 3.30. The number of nitrogens with one attached hydrogen (secondary N) is 1. The first-order chi connectivity index (χ1) is 9.31. The lowest BCUT2D eigenvalue weighted by Gasteiger charge is -2.18. The average Bonchev–Trinajstić information content (AvgIpc) is 2.36. The molecule has 0 aliphatic carbocycles. The maximum Gasteiger partial charge on any atom is 0.372 e. The molecular weight excluding hydrogens is 264 g/mol. The maximum atomic E-state index is 11.2. The molecule has 8 nitrogen and oxygen atoms in total. The van der Waals surface area contributed by atoms with Gasteiger partial charge in [0.05, 0.1) is 11.5 Å². The highest BCUT2D eigenvalue weighted by Gasteiger charge is 2.29. The Morgan fingerprint density at radius 3 is 2.40 bits per heavy atom. The Labute approximate surface area is 117 Å². The number of nitro groups is 1. The lowest BCUT2D eigenvalue weighted by molar-refractivity contribution is -0.385. The van der Waals surface area contributed by atoms with Crippen molar-refractivity contribution in [3.05, 3.63) is 15.9 Å². The van der Waals surface area contributed by atoms with Crippen molar-refractivity contribution in [3.8, 4) is 5.88 Å². The van der Waals surface area contributed by atoms with E-state index in [1.54, 1.807) is 7.05 Å². The smallest absolute Gasteiger partial charge is 0.372 e. The molecule has 1 N–H and O–H groups in total. The van der Waals surface area contributed by atoms with Crippen molar-refractivity contribution >= 4 is 11.5 Å². The summed E-state index contributed by atoms with van der Waals surface area (Å²) in [4.78, 5) is 19.0. The predicted octanol–water partition coefficient (Wildman–Crippen LogP) is 1.75. The quantitative estimate of drug-likeness (QED) is 0.482. The molecule has 1 aromatic rings. The van der Waals surface area contributed by atoms with Crippen molar-refractivity contribution < 1.29 is 14.4 Å². The molecule has 0 amide bonds. The van der Waals surface area contributed by atoms with Gasteiger partial charge in [-0.05, 0) is 0 Å². The van der Waals surface area contributed by atoms with Crippen molar-refractivity contribution in [2.75, 3.05) is 32.7 Å². The zero-order valence-electron chi connectivity index (χ0n) is 12.4. The molecule has 0 saturated carbocycles. The monoisotopic (exact) mass is 284 g/mol. The summed E-state index contributed by atoms with van der Waals surface area (Å²) in [6.07, 6.45) is 0. The molecule has 8 heteroatoms. The third-order valence-electron chi connectivity index (χ3n) is 2.47. The minimum absolute atomic E-state index is 0.0451. The summed E-state index contributed by atoms with van der Waals surface area (Å²) in [6, 6.07) is 0. The number of ether oxygens (including phenoxy) is 2. The van der Waals surface area contributed by atoms with Crippen LogP contribution in [0.4, 0.5) is 11.5 Å². The van der Waals surface area contributed by atoms with E-state index in [9.17, 15) is 10.1 Å². The first-order valence-corrected chi connectivity index (χ1v) is 6.17. The van der Waals surface area contributed by atoms with Crippen LogP contribution in [0.1, 0.15) is 26.6 Å². The Bertz CT molecular complexity index is 485. The van der Waals surface area contributed by atoms with Crippen LogP contribution in [0.25, 0.3) is 0 Å². The standard InChI is InChI=1S/C12H20N4O4/c1-12(2,3)11-14-9(13-4)8(16(17)18)10(15-11)20-7-6-19-5/h6-7H2,1-5H3,(H,13,14,15). The summed E-state index contributed by atoms with van der Waals surface area (Å²) >= 11 is 0. The largest absolute Gasteiger partial charge is 0.470 e. The number of aromatic nitrogens is 2. The first kappa shape index (κ1) is 16.1. The van der Waals surface area contributed by atoms with E-state index in [0.717, 1.165) is 0 Å². The fourth-order valence-corrected chi connectivity index (χ4v) is 1.43. The maximum absolute atomic E-state index is 11.2. The number of hydrogen-bond acceptors (Lipinski definition) is 7. The van der Waals surface area contributed by atoms with Gasteiger partial charge in [0, 0.05) is 19.6 Å². The van der Waals surface area contributed by atoms with Gasteiger partial charge in [0.15, 0.2) is 0 Å². The lowest BCUT2D eigenvalue weighted by Crippen LogP contribution is -2.19. The Morgan fingerprint density at radius 2 is 1.95 bits per heavy atom. The van der Waals surface area contributed by atoms with Crippen molar-refractivity contribution in [3.63, 3.8) is 0 Å². The van der Waals surface area contributed by atoms with Crippen LogP contribution in [0.15, 0.2) is 0 Å². The summed E-state index contributed by atoms with van der Waals surface area (Å²) in [5, 5.41) is 13.9. The summed E-state index contributed by atoms with van der Waals surface area (Å²) in [5.41, 5.74) is -0.614. The summed E-state index contributed by atoms with van der Waals surface area (Å²) < 4.78 is 10.2. The highest BCUT2D eigenvalue weighted by molar-refractivity contribution is 5.61. The minimum atomic E-state index is -0.555. The van der Waals surface area contributed by atoms with Crippen molar-refractivity contribution in [1.82, 2.24) is 9.97 Å². The number of rotatable bonds is 6. The highest BCUT2D eigenvalue weighted by Crippen LogP contribution is 2.34. The Morgan fingerprint density at radius 1 is 1.30 bits per heavy atom. The van der Waals surface area contributed by atoms with Crippen LogP contribution in [-0.2, 0) is 10.2 Å². The Hall–Kier alpha value is -1.96. The van der Waals surface area contributed by atoms with Crippen LogP contribution in [0, 0.1) is 10.1 Å². The molecule has 0 aliphatic rings. The molecule has 0 atom stereocenters. The molecule has 20 heavy (non-hydrogen) atoms. The normalized spacial score (nSPS) is 11.2. The van der Waals surface area contributed by atoms with Crippen LogP contribution in [-0.4, -0.2) is 42.3 Å². The molecular formula is C12H20N4O4.